The molecular weight excluding hydrogens is 589 g/mol. The molecule has 43 heavy (non-hydrogen) atoms. The molecule has 5 aromatic rings. The quantitative estimate of drug-likeness (QED) is 0.120. The number of rotatable bonds is 11. The molecule has 0 spiro atoms. The molecule has 2 aromatic heterocycles. The highest BCUT2D eigenvalue weighted by Gasteiger charge is 2.12. The number of halogens is 2. The summed E-state index contributed by atoms with van der Waals surface area (Å²) >= 11 is 12.2. The van der Waals surface area contributed by atoms with Crippen molar-refractivity contribution >= 4 is 35.3 Å². The third-order valence-corrected chi connectivity index (χ3v) is 7.19. The highest BCUT2D eigenvalue weighted by Crippen LogP contribution is 2.30. The molecule has 0 bridgehead atoms. The Morgan fingerprint density at radius 1 is 0.884 bits per heavy atom. The molecule has 0 fully saturated rings. The van der Waals surface area contributed by atoms with E-state index in [1.807, 2.05) is 24.3 Å². The second-order valence-corrected chi connectivity index (χ2v) is 10.5. The molecule has 0 radical (unpaired) electrons. The number of benzene rings is 3. The van der Waals surface area contributed by atoms with Gasteiger partial charge in [-0.25, -0.2) is 5.43 Å². The average Bonchev–Trinajstić information content (AvgIpc) is 3.62. The van der Waals surface area contributed by atoms with E-state index in [0.29, 0.717) is 38.6 Å². The average molecular weight is 619 g/mol. The first kappa shape index (κ1) is 29.8. The van der Waals surface area contributed by atoms with Gasteiger partial charge in [-0.1, -0.05) is 29.3 Å². The van der Waals surface area contributed by atoms with Crippen molar-refractivity contribution in [3.63, 3.8) is 0 Å². The van der Waals surface area contributed by atoms with E-state index in [2.05, 4.69) is 41.1 Å². The number of hydrogen-bond donors (Lipinski definition) is 1. The second kappa shape index (κ2) is 13.5. The number of amides is 1. The SMILES string of the molecule is COc1cc(C=NNC(=O)c2ccc(COc3ccc(-n4c(C)ccc4C)cc3)o2)ccc1OCc1ccc(Cl)cc1Cl. The van der Waals surface area contributed by atoms with Gasteiger partial charge in [-0.2, -0.15) is 5.10 Å². The van der Waals surface area contributed by atoms with E-state index in [-0.39, 0.29) is 19.0 Å². The molecule has 0 atom stereocenters. The normalized spacial score (nSPS) is 11.1. The van der Waals surface area contributed by atoms with Crippen LogP contribution in [0.3, 0.4) is 0 Å². The van der Waals surface area contributed by atoms with Crippen LogP contribution < -0.4 is 19.6 Å². The Morgan fingerprint density at radius 3 is 2.37 bits per heavy atom. The highest BCUT2D eigenvalue weighted by molar-refractivity contribution is 6.35. The number of hydrogen-bond acceptors (Lipinski definition) is 6. The minimum atomic E-state index is -0.490. The van der Waals surface area contributed by atoms with Gasteiger partial charge in [-0.15, -0.1) is 0 Å². The van der Waals surface area contributed by atoms with Crippen LogP contribution in [0, 0.1) is 13.8 Å². The van der Waals surface area contributed by atoms with E-state index in [1.54, 1.807) is 55.6 Å². The summed E-state index contributed by atoms with van der Waals surface area (Å²) < 4.78 is 25.0. The molecule has 0 saturated carbocycles. The summed E-state index contributed by atoms with van der Waals surface area (Å²) in [6, 6.07) is 25.8. The van der Waals surface area contributed by atoms with Crippen LogP contribution in [0.25, 0.3) is 5.69 Å². The summed E-state index contributed by atoms with van der Waals surface area (Å²) in [6.07, 6.45) is 1.49. The molecule has 0 aliphatic rings. The van der Waals surface area contributed by atoms with Gasteiger partial charge in [0.2, 0.25) is 0 Å². The van der Waals surface area contributed by atoms with Crippen LogP contribution in [0.2, 0.25) is 10.0 Å². The summed E-state index contributed by atoms with van der Waals surface area (Å²) in [5.74, 6) is 1.86. The van der Waals surface area contributed by atoms with Gasteiger partial charge >= 0.3 is 5.91 Å². The highest BCUT2D eigenvalue weighted by atomic mass is 35.5. The van der Waals surface area contributed by atoms with Crippen molar-refractivity contribution in [3.8, 4) is 22.9 Å². The van der Waals surface area contributed by atoms with E-state index < -0.39 is 5.91 Å². The number of nitrogens with one attached hydrogen (secondary N) is 1. The standard InChI is InChI=1S/C33H29Cl2N3O5/c1-21-4-5-22(2)38(21)26-9-11-27(12-10-26)41-20-28-13-15-31(43-28)33(39)37-36-18-23-6-14-30(32(16-23)40-3)42-19-24-7-8-25(34)17-29(24)35/h4-18H,19-20H2,1-3H3,(H,37,39). The number of furan rings is 1. The Labute approximate surface area is 259 Å². The van der Waals surface area contributed by atoms with Crippen LogP contribution in [-0.2, 0) is 13.2 Å². The van der Waals surface area contributed by atoms with Gasteiger partial charge in [-0.05, 0) is 98.3 Å². The fraction of sp³-hybridized carbons (Fsp3) is 0.152. The molecule has 2 heterocycles. The van der Waals surface area contributed by atoms with Gasteiger partial charge in [0.15, 0.2) is 17.3 Å². The molecule has 0 aliphatic heterocycles. The predicted octanol–water partition coefficient (Wildman–Crippen LogP) is 7.92. The summed E-state index contributed by atoms with van der Waals surface area (Å²) in [4.78, 5) is 12.5. The monoisotopic (exact) mass is 617 g/mol. The first-order valence-electron chi connectivity index (χ1n) is 13.4. The number of carbonyl (C=O) groups is 1. The second-order valence-electron chi connectivity index (χ2n) is 9.63. The van der Waals surface area contributed by atoms with Gasteiger partial charge < -0.3 is 23.2 Å². The first-order valence-corrected chi connectivity index (χ1v) is 14.1. The van der Waals surface area contributed by atoms with E-state index >= 15 is 0 Å². The fourth-order valence-corrected chi connectivity index (χ4v) is 4.86. The Morgan fingerprint density at radius 2 is 1.65 bits per heavy atom. The number of ether oxygens (including phenoxy) is 3. The Balaban J connectivity index is 1.12. The molecule has 0 unspecified atom stereocenters. The maximum atomic E-state index is 12.5. The van der Waals surface area contributed by atoms with Gasteiger partial charge in [0.1, 0.15) is 24.7 Å². The summed E-state index contributed by atoms with van der Waals surface area (Å²) in [5.41, 5.74) is 7.34. The van der Waals surface area contributed by atoms with Crippen LogP contribution >= 0.6 is 23.2 Å². The summed E-state index contributed by atoms with van der Waals surface area (Å²) in [7, 11) is 1.54. The van der Waals surface area contributed by atoms with Gasteiger partial charge in [-0.3, -0.25) is 4.79 Å². The Bertz CT molecular complexity index is 1740. The van der Waals surface area contributed by atoms with Crippen LogP contribution in [0.15, 0.2) is 94.4 Å². The number of hydrazone groups is 1. The molecular formula is C33H29Cl2N3O5. The van der Waals surface area contributed by atoms with Gasteiger partial charge in [0.25, 0.3) is 0 Å². The van der Waals surface area contributed by atoms with Gasteiger partial charge in [0.05, 0.1) is 13.3 Å². The van der Waals surface area contributed by atoms with Crippen molar-refractivity contribution in [2.24, 2.45) is 5.10 Å². The minimum Gasteiger partial charge on any atom is -0.493 e. The van der Waals surface area contributed by atoms with Crippen LogP contribution in [0.4, 0.5) is 0 Å². The third-order valence-electron chi connectivity index (χ3n) is 6.60. The molecule has 220 valence electrons. The molecule has 1 N–H and O–H groups in total. The van der Waals surface area contributed by atoms with Crippen molar-refractivity contribution in [1.82, 2.24) is 9.99 Å². The zero-order valence-electron chi connectivity index (χ0n) is 23.8. The number of nitrogens with zero attached hydrogens (tertiary/aromatic N) is 2. The lowest BCUT2D eigenvalue weighted by Crippen LogP contribution is -2.16. The van der Waals surface area contributed by atoms with E-state index in [0.717, 1.165) is 22.6 Å². The maximum Gasteiger partial charge on any atom is 0.307 e. The zero-order valence-corrected chi connectivity index (χ0v) is 25.3. The Kier molecular flexibility index (Phi) is 9.39. The summed E-state index contributed by atoms with van der Waals surface area (Å²) in [5, 5.41) is 5.11. The van der Waals surface area contributed by atoms with Crippen LogP contribution in [-0.4, -0.2) is 23.8 Å². The summed E-state index contributed by atoms with van der Waals surface area (Å²) in [6.45, 7) is 4.56. The number of methoxy groups -OCH3 is 1. The van der Waals surface area contributed by atoms with E-state index in [9.17, 15) is 4.79 Å². The van der Waals surface area contributed by atoms with Gasteiger partial charge in [0, 0.05) is 32.7 Å². The van der Waals surface area contributed by atoms with Crippen molar-refractivity contribution in [2.45, 2.75) is 27.1 Å². The molecule has 1 amide bonds. The van der Waals surface area contributed by atoms with Crippen molar-refractivity contribution < 1.29 is 23.4 Å². The molecule has 0 saturated heterocycles. The molecule has 8 nitrogen and oxygen atoms in total. The lowest BCUT2D eigenvalue weighted by atomic mass is 10.2. The fourth-order valence-electron chi connectivity index (χ4n) is 4.40. The lowest BCUT2D eigenvalue weighted by Gasteiger charge is -2.12. The molecule has 5 rings (SSSR count). The Hall–Kier alpha value is -4.66. The zero-order chi connectivity index (χ0) is 30.3. The van der Waals surface area contributed by atoms with Crippen molar-refractivity contribution in [1.29, 1.82) is 0 Å². The van der Waals surface area contributed by atoms with Crippen LogP contribution in [0.5, 0.6) is 17.2 Å². The van der Waals surface area contributed by atoms with Crippen molar-refractivity contribution in [2.75, 3.05) is 7.11 Å². The van der Waals surface area contributed by atoms with E-state index in [1.165, 1.54) is 6.21 Å². The minimum absolute atomic E-state index is 0.117. The third kappa shape index (κ3) is 7.41. The largest absolute Gasteiger partial charge is 0.493 e. The number of carbonyl (C=O) groups excluding carboxylic acids is 1. The number of aryl methyl sites for hydroxylation is 2. The first-order chi connectivity index (χ1) is 20.8. The lowest BCUT2D eigenvalue weighted by molar-refractivity contribution is 0.0923. The predicted molar refractivity (Wildman–Crippen MR) is 167 cm³/mol. The number of aromatic nitrogens is 1. The topological polar surface area (TPSA) is 87.2 Å². The smallest absolute Gasteiger partial charge is 0.307 e. The van der Waals surface area contributed by atoms with E-state index in [4.69, 9.17) is 41.8 Å². The molecule has 3 aromatic carbocycles. The molecule has 0 aliphatic carbocycles. The maximum absolute atomic E-state index is 12.5. The van der Waals surface area contributed by atoms with Crippen LogP contribution in [0.1, 0.15) is 38.8 Å². The molecule has 10 heteroatoms. The van der Waals surface area contributed by atoms with Crippen molar-refractivity contribution in [3.05, 3.63) is 129 Å².